The number of rotatable bonds is 13. The van der Waals surface area contributed by atoms with Crippen molar-refractivity contribution in [1.29, 1.82) is 0 Å². The van der Waals surface area contributed by atoms with Crippen LogP contribution in [0.25, 0.3) is 0 Å². The van der Waals surface area contributed by atoms with E-state index in [1.165, 1.54) is 66.6 Å². The van der Waals surface area contributed by atoms with Gasteiger partial charge in [-0.25, -0.2) is 0 Å². The molecule has 0 saturated carbocycles. The summed E-state index contributed by atoms with van der Waals surface area (Å²) in [6.45, 7) is 9.06. The number of ether oxygens (including phenoxy) is 1. The van der Waals surface area contributed by atoms with Crippen molar-refractivity contribution in [1.82, 2.24) is 0 Å². The standard InChI is InChI=1S/C27H42N2O/c1-7-9-11-19-29(20-12-10-8-2)25-17-18-26(22(3)21-25)27(30-6)23-13-15-24(16-14-23)28(4)5/h13-18,21,27H,7-12,19-20H2,1-6H3. The van der Waals surface area contributed by atoms with Gasteiger partial charge in [0.2, 0.25) is 0 Å². The lowest BCUT2D eigenvalue weighted by Crippen LogP contribution is -2.26. The van der Waals surface area contributed by atoms with Crippen molar-refractivity contribution < 1.29 is 4.74 Å². The van der Waals surface area contributed by atoms with Crippen molar-refractivity contribution in [2.24, 2.45) is 0 Å². The second kappa shape index (κ2) is 12.6. The van der Waals surface area contributed by atoms with Gasteiger partial charge >= 0.3 is 0 Å². The van der Waals surface area contributed by atoms with Gasteiger partial charge in [-0.2, -0.15) is 0 Å². The number of unbranched alkanes of at least 4 members (excludes halogenated alkanes) is 4. The fourth-order valence-corrected chi connectivity index (χ4v) is 4.02. The Morgan fingerprint density at radius 1 is 0.800 bits per heavy atom. The molecule has 0 aliphatic heterocycles. The first kappa shape index (κ1) is 24.3. The Morgan fingerprint density at radius 3 is 1.83 bits per heavy atom. The average Bonchev–Trinajstić information content (AvgIpc) is 2.75. The van der Waals surface area contributed by atoms with Crippen LogP contribution >= 0.6 is 0 Å². The zero-order chi connectivity index (χ0) is 21.9. The molecule has 0 N–H and O–H groups in total. The van der Waals surface area contributed by atoms with Crippen molar-refractivity contribution in [2.75, 3.05) is 44.1 Å². The zero-order valence-corrected chi connectivity index (χ0v) is 20.1. The molecule has 1 atom stereocenters. The van der Waals surface area contributed by atoms with Gasteiger partial charge in [0.05, 0.1) is 0 Å². The van der Waals surface area contributed by atoms with Crippen LogP contribution in [0, 0.1) is 6.92 Å². The normalized spacial score (nSPS) is 12.1. The van der Waals surface area contributed by atoms with Crippen LogP contribution in [0.1, 0.15) is 75.2 Å². The Balaban J connectivity index is 2.22. The van der Waals surface area contributed by atoms with Gasteiger partial charge in [-0.05, 0) is 60.7 Å². The first-order valence-corrected chi connectivity index (χ1v) is 11.7. The Hall–Kier alpha value is -2.00. The summed E-state index contributed by atoms with van der Waals surface area (Å²) in [5, 5.41) is 0. The second-order valence-electron chi connectivity index (χ2n) is 8.54. The minimum Gasteiger partial charge on any atom is -0.378 e. The van der Waals surface area contributed by atoms with Crippen LogP contribution in [0.5, 0.6) is 0 Å². The third-order valence-corrected chi connectivity index (χ3v) is 5.91. The minimum atomic E-state index is -0.0381. The van der Waals surface area contributed by atoms with Gasteiger partial charge in [-0.1, -0.05) is 57.7 Å². The summed E-state index contributed by atoms with van der Waals surface area (Å²) in [7, 11) is 5.94. The first-order valence-electron chi connectivity index (χ1n) is 11.7. The van der Waals surface area contributed by atoms with Gasteiger partial charge in [0.25, 0.3) is 0 Å². The Morgan fingerprint density at radius 2 is 1.37 bits per heavy atom. The summed E-state index contributed by atoms with van der Waals surface area (Å²) in [5.74, 6) is 0. The van der Waals surface area contributed by atoms with E-state index in [1.807, 2.05) is 0 Å². The number of hydrogen-bond acceptors (Lipinski definition) is 3. The Kier molecular flexibility index (Phi) is 10.2. The fraction of sp³-hybridized carbons (Fsp3) is 0.556. The fourth-order valence-electron chi connectivity index (χ4n) is 4.02. The predicted octanol–water partition coefficient (Wildman–Crippen LogP) is 6.98. The lowest BCUT2D eigenvalue weighted by molar-refractivity contribution is 0.136. The molecule has 0 amide bonds. The summed E-state index contributed by atoms with van der Waals surface area (Å²) in [6.07, 6.45) is 7.63. The highest BCUT2D eigenvalue weighted by molar-refractivity contribution is 5.53. The smallest absolute Gasteiger partial charge is 0.107 e. The topological polar surface area (TPSA) is 15.7 Å². The molecule has 2 aromatic rings. The summed E-state index contributed by atoms with van der Waals surface area (Å²) in [6, 6.07) is 15.6. The highest BCUT2D eigenvalue weighted by Gasteiger charge is 2.17. The van der Waals surface area contributed by atoms with E-state index >= 15 is 0 Å². The molecule has 2 aromatic carbocycles. The number of aryl methyl sites for hydroxylation is 1. The molecule has 0 aliphatic carbocycles. The van der Waals surface area contributed by atoms with Crippen LogP contribution in [0.15, 0.2) is 42.5 Å². The van der Waals surface area contributed by atoms with Crippen molar-refractivity contribution in [2.45, 2.75) is 65.4 Å². The summed E-state index contributed by atoms with van der Waals surface area (Å²) < 4.78 is 5.94. The molecule has 1 unspecified atom stereocenters. The molecule has 0 saturated heterocycles. The van der Waals surface area contributed by atoms with Crippen LogP contribution in [0.3, 0.4) is 0 Å². The Bertz CT molecular complexity index is 729. The van der Waals surface area contributed by atoms with E-state index in [0.29, 0.717) is 0 Å². The monoisotopic (exact) mass is 410 g/mol. The average molecular weight is 411 g/mol. The third-order valence-electron chi connectivity index (χ3n) is 5.91. The maximum absolute atomic E-state index is 5.94. The van der Waals surface area contributed by atoms with Crippen LogP contribution in [-0.2, 0) is 4.74 Å². The van der Waals surface area contributed by atoms with E-state index in [1.54, 1.807) is 7.11 Å². The molecule has 0 aliphatic rings. The molecule has 166 valence electrons. The van der Waals surface area contributed by atoms with Gasteiger partial charge in [0.15, 0.2) is 0 Å². The molecule has 0 fully saturated rings. The van der Waals surface area contributed by atoms with E-state index in [2.05, 4.69) is 87.1 Å². The first-order chi connectivity index (χ1) is 14.5. The van der Waals surface area contributed by atoms with E-state index in [-0.39, 0.29) is 6.10 Å². The molecular formula is C27H42N2O. The number of benzene rings is 2. The maximum Gasteiger partial charge on any atom is 0.107 e. The van der Waals surface area contributed by atoms with Gasteiger partial charge in [0, 0.05) is 45.7 Å². The molecule has 0 aromatic heterocycles. The number of anilines is 2. The third kappa shape index (κ3) is 6.77. The molecular weight excluding hydrogens is 368 g/mol. The lowest BCUT2D eigenvalue weighted by atomic mass is 9.96. The predicted molar refractivity (Wildman–Crippen MR) is 132 cm³/mol. The van der Waals surface area contributed by atoms with Gasteiger partial charge in [-0.15, -0.1) is 0 Å². The van der Waals surface area contributed by atoms with Crippen LogP contribution in [0.2, 0.25) is 0 Å². The Labute approximate surface area is 185 Å². The van der Waals surface area contributed by atoms with Crippen LogP contribution < -0.4 is 9.80 Å². The van der Waals surface area contributed by atoms with Crippen molar-refractivity contribution in [3.63, 3.8) is 0 Å². The van der Waals surface area contributed by atoms with Gasteiger partial charge in [0.1, 0.15) is 6.10 Å². The number of methoxy groups -OCH3 is 1. The summed E-state index contributed by atoms with van der Waals surface area (Å²) >= 11 is 0. The van der Waals surface area contributed by atoms with Gasteiger partial charge < -0.3 is 14.5 Å². The molecule has 0 bridgehead atoms. The van der Waals surface area contributed by atoms with Crippen LogP contribution in [-0.4, -0.2) is 34.3 Å². The molecule has 0 radical (unpaired) electrons. The van der Waals surface area contributed by atoms with E-state index < -0.39 is 0 Å². The second-order valence-corrected chi connectivity index (χ2v) is 8.54. The van der Waals surface area contributed by atoms with E-state index in [9.17, 15) is 0 Å². The van der Waals surface area contributed by atoms with Crippen molar-refractivity contribution in [3.8, 4) is 0 Å². The van der Waals surface area contributed by atoms with Crippen LogP contribution in [0.4, 0.5) is 11.4 Å². The SMILES string of the molecule is CCCCCN(CCCCC)c1ccc(C(OC)c2ccc(N(C)C)cc2)c(C)c1. The van der Waals surface area contributed by atoms with E-state index in [4.69, 9.17) is 4.74 Å². The number of nitrogens with zero attached hydrogens (tertiary/aromatic N) is 2. The molecule has 0 heterocycles. The highest BCUT2D eigenvalue weighted by atomic mass is 16.5. The molecule has 3 heteroatoms. The quantitative estimate of drug-likeness (QED) is 0.331. The minimum absolute atomic E-state index is 0.0381. The maximum atomic E-state index is 5.94. The summed E-state index contributed by atoms with van der Waals surface area (Å²) in [5.41, 5.74) is 6.30. The molecule has 3 nitrogen and oxygen atoms in total. The number of hydrogen-bond donors (Lipinski definition) is 0. The highest BCUT2D eigenvalue weighted by Crippen LogP contribution is 2.31. The summed E-state index contributed by atoms with van der Waals surface area (Å²) in [4.78, 5) is 4.70. The largest absolute Gasteiger partial charge is 0.378 e. The lowest BCUT2D eigenvalue weighted by Gasteiger charge is -2.27. The molecule has 30 heavy (non-hydrogen) atoms. The van der Waals surface area contributed by atoms with Gasteiger partial charge in [-0.3, -0.25) is 0 Å². The van der Waals surface area contributed by atoms with Crippen molar-refractivity contribution in [3.05, 3.63) is 59.2 Å². The van der Waals surface area contributed by atoms with E-state index in [0.717, 1.165) is 13.1 Å². The molecule has 2 rings (SSSR count). The molecule has 0 spiro atoms. The van der Waals surface area contributed by atoms with Crippen molar-refractivity contribution >= 4 is 11.4 Å². The zero-order valence-electron chi connectivity index (χ0n) is 20.1.